The molecule has 2 heterocycles. The number of H-pyrrole nitrogens is 1. The highest BCUT2D eigenvalue weighted by molar-refractivity contribution is 5.76. The number of carbonyl (C=O) groups excluding carboxylic acids is 1. The van der Waals surface area contributed by atoms with Gasteiger partial charge in [0.15, 0.2) is 0 Å². The minimum absolute atomic E-state index is 0.104. The molecule has 1 aromatic carbocycles. The van der Waals surface area contributed by atoms with Crippen molar-refractivity contribution >= 4 is 16.9 Å². The molecule has 112 valence electrons. The number of hydrogen-bond donors (Lipinski definition) is 2. The number of aromatic amines is 1. The number of aromatic nitrogens is 5. The van der Waals surface area contributed by atoms with Gasteiger partial charge in [0.2, 0.25) is 5.91 Å². The second-order valence-corrected chi connectivity index (χ2v) is 5.59. The fourth-order valence-electron chi connectivity index (χ4n) is 2.43. The Kier molecular flexibility index (Phi) is 3.10. The molecule has 1 aliphatic rings. The Bertz CT molecular complexity index is 783. The number of fused-ring (bicyclic) bond motifs is 1. The molecule has 0 spiro atoms. The standard InChI is InChI=1S/C15H16N6O/c22-15(9-21-8-13(19-20-21)10-5-6-10)16-7-14-17-11-3-1-2-4-12(11)18-14/h1-4,8,10H,5-7,9H2,(H,16,22)(H,17,18). The summed E-state index contributed by atoms with van der Waals surface area (Å²) in [6, 6.07) is 7.78. The van der Waals surface area contributed by atoms with Gasteiger partial charge in [-0.3, -0.25) is 4.79 Å². The fraction of sp³-hybridized carbons (Fsp3) is 0.333. The van der Waals surface area contributed by atoms with E-state index in [9.17, 15) is 4.79 Å². The number of hydrogen-bond acceptors (Lipinski definition) is 4. The first kappa shape index (κ1) is 13.0. The van der Waals surface area contributed by atoms with Crippen LogP contribution in [0.2, 0.25) is 0 Å². The van der Waals surface area contributed by atoms with Crippen LogP contribution in [-0.2, 0) is 17.9 Å². The van der Waals surface area contributed by atoms with E-state index in [1.54, 1.807) is 4.68 Å². The first-order chi connectivity index (χ1) is 10.8. The van der Waals surface area contributed by atoms with Gasteiger partial charge in [0.05, 0.1) is 23.3 Å². The smallest absolute Gasteiger partial charge is 0.242 e. The van der Waals surface area contributed by atoms with Crippen LogP contribution in [0.3, 0.4) is 0 Å². The van der Waals surface area contributed by atoms with Crippen molar-refractivity contribution in [3.63, 3.8) is 0 Å². The van der Waals surface area contributed by atoms with Crippen molar-refractivity contribution in [1.29, 1.82) is 0 Å². The Hall–Kier alpha value is -2.70. The summed E-state index contributed by atoms with van der Waals surface area (Å²) in [5.74, 6) is 1.19. The maximum Gasteiger partial charge on any atom is 0.242 e. The van der Waals surface area contributed by atoms with Crippen molar-refractivity contribution in [3.05, 3.63) is 42.0 Å². The third-order valence-corrected chi connectivity index (χ3v) is 3.75. The lowest BCUT2D eigenvalue weighted by Crippen LogP contribution is -2.27. The lowest BCUT2D eigenvalue weighted by Gasteiger charge is -2.02. The molecule has 0 atom stereocenters. The van der Waals surface area contributed by atoms with Crippen LogP contribution in [0.25, 0.3) is 11.0 Å². The predicted octanol–water partition coefficient (Wildman–Crippen LogP) is 1.35. The van der Waals surface area contributed by atoms with E-state index in [1.165, 1.54) is 12.8 Å². The second kappa shape index (κ2) is 5.25. The van der Waals surface area contributed by atoms with Crippen LogP contribution in [0.1, 0.15) is 30.3 Å². The van der Waals surface area contributed by atoms with E-state index in [0.29, 0.717) is 12.5 Å². The van der Waals surface area contributed by atoms with E-state index in [4.69, 9.17) is 0 Å². The van der Waals surface area contributed by atoms with Crippen LogP contribution in [0.4, 0.5) is 0 Å². The number of para-hydroxylation sites is 2. The van der Waals surface area contributed by atoms with Crippen LogP contribution in [0.5, 0.6) is 0 Å². The van der Waals surface area contributed by atoms with Crippen molar-refractivity contribution in [2.24, 2.45) is 0 Å². The zero-order valence-electron chi connectivity index (χ0n) is 12.0. The summed E-state index contributed by atoms with van der Waals surface area (Å²) < 4.78 is 1.58. The number of imidazole rings is 1. The van der Waals surface area contributed by atoms with Crippen molar-refractivity contribution < 1.29 is 4.79 Å². The first-order valence-electron chi connectivity index (χ1n) is 7.38. The molecule has 7 nitrogen and oxygen atoms in total. The topological polar surface area (TPSA) is 88.5 Å². The Balaban J connectivity index is 1.35. The largest absolute Gasteiger partial charge is 0.347 e. The molecule has 0 saturated heterocycles. The monoisotopic (exact) mass is 296 g/mol. The highest BCUT2D eigenvalue weighted by Gasteiger charge is 2.26. The third-order valence-electron chi connectivity index (χ3n) is 3.75. The van der Waals surface area contributed by atoms with Crippen molar-refractivity contribution in [2.45, 2.75) is 31.8 Å². The molecule has 1 saturated carbocycles. The maximum atomic E-state index is 12.0. The predicted molar refractivity (Wildman–Crippen MR) is 79.9 cm³/mol. The fourth-order valence-corrected chi connectivity index (χ4v) is 2.43. The van der Waals surface area contributed by atoms with Gasteiger partial charge in [-0.15, -0.1) is 5.10 Å². The Labute approximate surface area is 126 Å². The molecule has 0 radical (unpaired) electrons. The molecule has 0 aliphatic heterocycles. The summed E-state index contributed by atoms with van der Waals surface area (Å²) in [5, 5.41) is 10.9. The van der Waals surface area contributed by atoms with Gasteiger partial charge in [0.25, 0.3) is 0 Å². The van der Waals surface area contributed by atoms with Crippen molar-refractivity contribution in [2.75, 3.05) is 0 Å². The Morgan fingerprint density at radius 3 is 3.05 bits per heavy atom. The number of rotatable bonds is 5. The van der Waals surface area contributed by atoms with Gasteiger partial charge in [-0.1, -0.05) is 17.3 Å². The first-order valence-corrected chi connectivity index (χ1v) is 7.38. The normalized spacial score (nSPS) is 14.4. The zero-order chi connectivity index (χ0) is 14.9. The Morgan fingerprint density at radius 2 is 2.23 bits per heavy atom. The average Bonchev–Trinajstić information content (AvgIpc) is 3.12. The molecule has 0 unspecified atom stereocenters. The molecule has 0 bridgehead atoms. The van der Waals surface area contributed by atoms with E-state index in [0.717, 1.165) is 22.6 Å². The summed E-state index contributed by atoms with van der Waals surface area (Å²) in [4.78, 5) is 19.6. The minimum Gasteiger partial charge on any atom is -0.347 e. The molecule has 1 aliphatic carbocycles. The van der Waals surface area contributed by atoms with Crippen LogP contribution in [0.15, 0.2) is 30.5 Å². The van der Waals surface area contributed by atoms with Crippen LogP contribution >= 0.6 is 0 Å². The average molecular weight is 296 g/mol. The van der Waals surface area contributed by atoms with Gasteiger partial charge in [0, 0.05) is 12.1 Å². The lowest BCUT2D eigenvalue weighted by atomic mass is 10.3. The van der Waals surface area contributed by atoms with Crippen LogP contribution in [0, 0.1) is 0 Å². The van der Waals surface area contributed by atoms with Crippen molar-refractivity contribution in [1.82, 2.24) is 30.3 Å². The molecule has 1 amide bonds. The van der Waals surface area contributed by atoms with Gasteiger partial charge >= 0.3 is 0 Å². The zero-order valence-corrected chi connectivity index (χ0v) is 12.0. The summed E-state index contributed by atoms with van der Waals surface area (Å²) in [6.07, 6.45) is 4.21. The number of carbonyl (C=O) groups is 1. The van der Waals surface area contributed by atoms with E-state index in [2.05, 4.69) is 25.6 Å². The second-order valence-electron chi connectivity index (χ2n) is 5.59. The summed E-state index contributed by atoms with van der Waals surface area (Å²) in [6.45, 7) is 0.553. The van der Waals surface area contributed by atoms with Crippen LogP contribution < -0.4 is 5.32 Å². The Morgan fingerprint density at radius 1 is 1.36 bits per heavy atom. The lowest BCUT2D eigenvalue weighted by molar-refractivity contribution is -0.122. The van der Waals surface area contributed by atoms with Gasteiger partial charge in [0.1, 0.15) is 12.4 Å². The number of benzene rings is 1. The van der Waals surface area contributed by atoms with E-state index >= 15 is 0 Å². The molecule has 3 aromatic rings. The van der Waals surface area contributed by atoms with E-state index in [-0.39, 0.29) is 12.5 Å². The summed E-state index contributed by atoms with van der Waals surface area (Å²) >= 11 is 0. The third kappa shape index (κ3) is 2.69. The number of nitrogens with zero attached hydrogens (tertiary/aromatic N) is 4. The molecular formula is C15H16N6O. The SMILES string of the molecule is O=C(Cn1cc(C2CC2)nn1)NCc1nc2ccccc2[nH]1. The summed E-state index contributed by atoms with van der Waals surface area (Å²) in [5.41, 5.74) is 2.86. The van der Waals surface area contributed by atoms with Gasteiger partial charge < -0.3 is 10.3 Å². The summed E-state index contributed by atoms with van der Waals surface area (Å²) in [7, 11) is 0. The van der Waals surface area contributed by atoms with E-state index < -0.39 is 0 Å². The molecule has 2 N–H and O–H groups in total. The molecule has 4 rings (SSSR count). The molecule has 22 heavy (non-hydrogen) atoms. The van der Waals surface area contributed by atoms with E-state index in [1.807, 2.05) is 30.5 Å². The highest BCUT2D eigenvalue weighted by Crippen LogP contribution is 2.38. The minimum atomic E-state index is -0.104. The maximum absolute atomic E-state index is 12.0. The van der Waals surface area contributed by atoms with Gasteiger partial charge in [-0.05, 0) is 25.0 Å². The molecular weight excluding hydrogens is 280 g/mol. The quantitative estimate of drug-likeness (QED) is 0.744. The highest BCUT2D eigenvalue weighted by atomic mass is 16.2. The van der Waals surface area contributed by atoms with Crippen LogP contribution in [-0.4, -0.2) is 30.9 Å². The number of amides is 1. The molecule has 7 heteroatoms. The number of nitrogens with one attached hydrogen (secondary N) is 2. The van der Waals surface area contributed by atoms with Crippen molar-refractivity contribution in [3.8, 4) is 0 Å². The van der Waals surface area contributed by atoms with Gasteiger partial charge in [-0.25, -0.2) is 9.67 Å². The van der Waals surface area contributed by atoms with Gasteiger partial charge in [-0.2, -0.15) is 0 Å². The molecule has 2 aromatic heterocycles. The molecule has 1 fully saturated rings.